The third-order valence-electron chi connectivity index (χ3n) is 0.474. The zero-order valence-corrected chi connectivity index (χ0v) is 12.0. The van der Waals surface area contributed by atoms with Crippen LogP contribution in [0.4, 0.5) is 0 Å². The van der Waals surface area contributed by atoms with Crippen LogP contribution in [0.15, 0.2) is 9.56 Å². The molecule has 0 fully saturated rings. The van der Waals surface area contributed by atoms with Crippen molar-refractivity contribution in [1.82, 2.24) is 0 Å². The Morgan fingerprint density at radius 3 is 1.62 bits per heavy atom. The molecule has 0 saturated carbocycles. The smallest absolute Gasteiger partial charge is 0.301 e. The van der Waals surface area contributed by atoms with Crippen molar-refractivity contribution in [3.8, 4) is 0 Å². The minimum Gasteiger partial charge on any atom is -0.451 e. The van der Waals surface area contributed by atoms with Gasteiger partial charge in [0.15, 0.2) is 0 Å². The molecule has 0 aromatic rings. The van der Waals surface area contributed by atoms with Crippen LogP contribution >= 0.6 is 0 Å². The summed E-state index contributed by atoms with van der Waals surface area (Å²) in [6.07, 6.45) is 0. The summed E-state index contributed by atoms with van der Waals surface area (Å²) < 4.78 is 17.4. The molecule has 4 nitrogen and oxygen atoms in total. The molecule has 0 rings (SSSR count). The van der Waals surface area contributed by atoms with Crippen LogP contribution in [0.5, 0.6) is 0 Å². The molecule has 0 aliphatic carbocycles. The van der Waals surface area contributed by atoms with Crippen LogP contribution in [-0.4, -0.2) is 40.8 Å². The molecule has 0 spiro atoms. The van der Waals surface area contributed by atoms with E-state index < -0.39 is 19.8 Å². The molecule has 0 unspecified atom stereocenters. The Bertz CT molecular complexity index is 57.1. The van der Waals surface area contributed by atoms with E-state index in [1.165, 1.54) is 0 Å². The van der Waals surface area contributed by atoms with Crippen molar-refractivity contribution < 1.29 is 8.23 Å². The van der Waals surface area contributed by atoms with Gasteiger partial charge in [0.25, 0.3) is 0 Å². The van der Waals surface area contributed by atoms with Gasteiger partial charge in [-0.15, -0.1) is 0 Å². The summed E-state index contributed by atoms with van der Waals surface area (Å²) >= 11 is 0. The summed E-state index contributed by atoms with van der Waals surface area (Å²) in [4.78, 5) is 0. The Morgan fingerprint density at radius 1 is 1.00 bits per heavy atom. The highest BCUT2D eigenvalue weighted by atomic mass is 28.3. The maximum absolute atomic E-state index is 4.88. The molecule has 48 valence electrons. The Morgan fingerprint density at radius 2 is 1.38 bits per heavy atom. The molecule has 8 heteroatoms. The second kappa shape index (κ2) is 7.39. The zero-order valence-electron chi connectivity index (χ0n) is 5.13. The lowest BCUT2D eigenvalue weighted by Crippen LogP contribution is -1.92. The van der Waals surface area contributed by atoms with Gasteiger partial charge in [-0.25, -0.2) is 9.56 Å². The quantitative estimate of drug-likeness (QED) is 0.329. The van der Waals surface area contributed by atoms with Crippen LogP contribution in [0.25, 0.3) is 0 Å². The van der Waals surface area contributed by atoms with Gasteiger partial charge < -0.3 is 8.23 Å². The van der Waals surface area contributed by atoms with Gasteiger partial charge in [0.1, 0.15) is 21.0 Å². The van der Waals surface area contributed by atoms with Crippen molar-refractivity contribution in [1.29, 1.82) is 0 Å². The molecule has 8 heavy (non-hydrogen) atoms. The van der Waals surface area contributed by atoms with E-state index in [1.54, 1.807) is 0 Å². The van der Waals surface area contributed by atoms with Crippen LogP contribution in [-0.2, 0) is 8.23 Å². The summed E-state index contributed by atoms with van der Waals surface area (Å²) in [7, 11) is 0.380. The molecular weight excluding hydrogens is 172 g/mol. The number of hydrogen-bond donors (Lipinski definition) is 0. The van der Waals surface area contributed by atoms with Gasteiger partial charge in [0.05, 0.1) is 0 Å². The topological polar surface area (TPSA) is 43.2 Å². The van der Waals surface area contributed by atoms with Gasteiger partial charge >= 0.3 is 19.8 Å². The summed E-state index contributed by atoms with van der Waals surface area (Å²) in [5.41, 5.74) is 0. The number of nitrogens with zero attached hydrogens (tertiary/aromatic N) is 2. The highest BCUT2D eigenvalue weighted by Gasteiger charge is 1.74. The molecule has 0 heterocycles. The fourth-order valence-corrected chi connectivity index (χ4v) is 1.77. The van der Waals surface area contributed by atoms with Gasteiger partial charge in [0, 0.05) is 0 Å². The van der Waals surface area contributed by atoms with Gasteiger partial charge in [-0.05, 0) is 0 Å². The molecular formula is H10N2O2Si4. The van der Waals surface area contributed by atoms with Gasteiger partial charge in [-0.2, -0.15) is 0 Å². The Kier molecular flexibility index (Phi) is 7.75. The second-order valence-electron chi connectivity index (χ2n) is 1.12. The average Bonchev–Trinajstić information content (AvgIpc) is 1.81. The minimum absolute atomic E-state index is 0.608. The predicted molar refractivity (Wildman–Crippen MR) is 44.0 cm³/mol. The van der Waals surface area contributed by atoms with E-state index in [0.29, 0.717) is 0 Å². The van der Waals surface area contributed by atoms with Crippen molar-refractivity contribution in [3.05, 3.63) is 0 Å². The molecule has 0 saturated heterocycles. The fourth-order valence-electron chi connectivity index (χ4n) is 0.197. The van der Waals surface area contributed by atoms with Crippen LogP contribution < -0.4 is 0 Å². The summed E-state index contributed by atoms with van der Waals surface area (Å²) in [6.45, 7) is 0. The molecule has 0 aliphatic rings. The first kappa shape index (κ1) is 8.39. The molecule has 0 aromatic heterocycles. The van der Waals surface area contributed by atoms with E-state index in [1.807, 2.05) is 0 Å². The molecule has 0 aliphatic heterocycles. The minimum atomic E-state index is -0.608. The summed E-state index contributed by atoms with van der Waals surface area (Å²) in [5, 5.41) is 0. The van der Waals surface area contributed by atoms with Gasteiger partial charge in [-0.3, -0.25) is 0 Å². The van der Waals surface area contributed by atoms with Crippen LogP contribution in [0.3, 0.4) is 0 Å². The lowest BCUT2D eigenvalue weighted by atomic mass is 13.2. The third-order valence-corrected chi connectivity index (χ3v) is 3.57. The standard InChI is InChI=1S/H10N2O2Si4/c5-3-7-1-2-8-4-6/h7-8H2,5-6H3. The molecule has 0 aromatic carbocycles. The molecule has 0 radical (unpaired) electrons. The van der Waals surface area contributed by atoms with E-state index in [2.05, 4.69) is 9.56 Å². The Balaban J connectivity index is 2.83. The number of rotatable bonds is 4. The van der Waals surface area contributed by atoms with Crippen molar-refractivity contribution in [2.45, 2.75) is 0 Å². The van der Waals surface area contributed by atoms with E-state index in [9.17, 15) is 0 Å². The lowest BCUT2D eigenvalue weighted by Gasteiger charge is -1.86. The predicted octanol–water partition coefficient (Wildman–Crippen LogP) is -3.97. The summed E-state index contributed by atoms with van der Waals surface area (Å²) in [6, 6.07) is 0. The molecule has 0 atom stereocenters. The van der Waals surface area contributed by atoms with Gasteiger partial charge in [0.2, 0.25) is 0 Å². The maximum atomic E-state index is 4.88. The molecule has 0 bridgehead atoms. The number of hydrogen-bond acceptors (Lipinski definition) is 4. The Labute approximate surface area is 59.2 Å². The van der Waals surface area contributed by atoms with E-state index >= 15 is 0 Å². The van der Waals surface area contributed by atoms with Gasteiger partial charge in [-0.1, -0.05) is 0 Å². The van der Waals surface area contributed by atoms with Crippen molar-refractivity contribution in [3.63, 3.8) is 0 Å². The van der Waals surface area contributed by atoms with E-state index in [4.69, 9.17) is 8.23 Å². The van der Waals surface area contributed by atoms with E-state index in [0.717, 1.165) is 21.0 Å². The monoisotopic (exact) mass is 182 g/mol. The molecule has 0 N–H and O–H groups in total. The van der Waals surface area contributed by atoms with Crippen LogP contribution in [0, 0.1) is 0 Å². The first-order valence-corrected chi connectivity index (χ1v) is 6.28. The largest absolute Gasteiger partial charge is 0.451 e. The Hall–Kier alpha value is 0.388. The zero-order chi connectivity index (χ0) is 6.24. The van der Waals surface area contributed by atoms with Crippen LogP contribution in [0.1, 0.15) is 0 Å². The molecule has 0 amide bonds. The lowest BCUT2D eigenvalue weighted by molar-refractivity contribution is 0.649. The van der Waals surface area contributed by atoms with Crippen molar-refractivity contribution >= 4 is 40.8 Å². The van der Waals surface area contributed by atoms with Crippen molar-refractivity contribution in [2.75, 3.05) is 0 Å². The van der Waals surface area contributed by atoms with E-state index in [-0.39, 0.29) is 0 Å². The van der Waals surface area contributed by atoms with Crippen molar-refractivity contribution in [2.24, 2.45) is 9.56 Å². The highest BCUT2D eigenvalue weighted by Crippen LogP contribution is 1.68. The average molecular weight is 182 g/mol. The summed E-state index contributed by atoms with van der Waals surface area (Å²) in [5.74, 6) is 0. The third kappa shape index (κ3) is 6.39. The normalized spacial score (nSPS) is 14.5. The SMILES string of the molecule is [SiH3]O[SiH2]N=N[SiH2]O[SiH3]. The highest BCUT2D eigenvalue weighted by molar-refractivity contribution is 6.35. The first-order valence-electron chi connectivity index (χ1n) is 2.23. The van der Waals surface area contributed by atoms with Crippen LogP contribution in [0.2, 0.25) is 0 Å². The maximum Gasteiger partial charge on any atom is 0.301 e. The second-order valence-corrected chi connectivity index (χ2v) is 6.82. The fraction of sp³-hybridized carbons (Fsp3) is 0. The first-order chi connectivity index (χ1) is 3.91.